The summed E-state index contributed by atoms with van der Waals surface area (Å²) < 4.78 is 11.2. The Morgan fingerprint density at radius 2 is 1.80 bits per heavy atom. The van der Waals surface area contributed by atoms with Crippen LogP contribution < -0.4 is 9.64 Å². The van der Waals surface area contributed by atoms with Gasteiger partial charge in [0.2, 0.25) is 5.89 Å². The maximum Gasteiger partial charge on any atom is 0.209 e. The van der Waals surface area contributed by atoms with E-state index < -0.39 is 0 Å². The molecule has 4 rings (SSSR count). The van der Waals surface area contributed by atoms with Crippen LogP contribution in [0.15, 0.2) is 40.9 Å². The number of aryl methyl sites for hydroxylation is 1. The smallest absolute Gasteiger partial charge is 0.209 e. The molecule has 0 saturated carbocycles. The van der Waals surface area contributed by atoms with Gasteiger partial charge in [-0.05, 0) is 31.2 Å². The van der Waals surface area contributed by atoms with Crippen molar-refractivity contribution in [2.24, 2.45) is 0 Å². The highest BCUT2D eigenvalue weighted by Gasteiger charge is 2.21. The molecule has 0 amide bonds. The van der Waals surface area contributed by atoms with E-state index in [2.05, 4.69) is 39.7 Å². The van der Waals surface area contributed by atoms with Gasteiger partial charge in [0, 0.05) is 49.4 Å². The highest BCUT2D eigenvalue weighted by Crippen LogP contribution is 2.24. The number of hydrogen-bond donors (Lipinski definition) is 0. The van der Waals surface area contributed by atoms with Gasteiger partial charge in [-0.15, -0.1) is 0 Å². The van der Waals surface area contributed by atoms with Crippen LogP contribution in [0.25, 0.3) is 11.3 Å². The zero-order valence-corrected chi connectivity index (χ0v) is 18.1. The predicted molar refractivity (Wildman–Crippen MR) is 117 cm³/mol. The van der Waals surface area contributed by atoms with Gasteiger partial charge in [-0.25, -0.2) is 15.0 Å². The molecule has 0 radical (unpaired) electrons. The monoisotopic (exact) mass is 407 g/mol. The average Bonchev–Trinajstić information content (AvgIpc) is 3.22. The molecule has 2 aromatic heterocycles. The van der Waals surface area contributed by atoms with E-state index in [0.717, 1.165) is 66.5 Å². The van der Waals surface area contributed by atoms with Gasteiger partial charge >= 0.3 is 0 Å². The molecule has 1 fully saturated rings. The minimum Gasteiger partial charge on any atom is -0.497 e. The van der Waals surface area contributed by atoms with Crippen molar-refractivity contribution < 1.29 is 9.15 Å². The first kappa shape index (κ1) is 20.3. The fourth-order valence-electron chi connectivity index (χ4n) is 3.59. The maximum atomic E-state index is 5.99. The van der Waals surface area contributed by atoms with Gasteiger partial charge in [0.25, 0.3) is 0 Å². The molecule has 1 aliphatic heterocycles. The molecule has 0 spiro atoms. The Labute approximate surface area is 177 Å². The molecular weight excluding hydrogens is 378 g/mol. The Hall–Kier alpha value is -2.93. The molecule has 3 heterocycles. The van der Waals surface area contributed by atoms with E-state index in [4.69, 9.17) is 14.1 Å². The SMILES string of the molecule is COc1ccc(-c2cnc(CN3CCN(c4cc(C)nc(C(C)C)n4)CC3)o2)cc1. The Balaban J connectivity index is 1.36. The molecular formula is C23H29N5O2. The van der Waals surface area contributed by atoms with Crippen LogP contribution in [0.5, 0.6) is 5.75 Å². The molecule has 0 unspecified atom stereocenters. The van der Waals surface area contributed by atoms with Crippen LogP contribution in [0.4, 0.5) is 5.82 Å². The second-order valence-electron chi connectivity index (χ2n) is 7.99. The minimum absolute atomic E-state index is 0.329. The average molecular weight is 408 g/mol. The molecule has 3 aromatic rings. The quantitative estimate of drug-likeness (QED) is 0.614. The lowest BCUT2D eigenvalue weighted by molar-refractivity contribution is 0.226. The van der Waals surface area contributed by atoms with Gasteiger partial charge < -0.3 is 14.1 Å². The van der Waals surface area contributed by atoms with Crippen molar-refractivity contribution >= 4 is 5.82 Å². The Morgan fingerprint density at radius 1 is 1.07 bits per heavy atom. The highest BCUT2D eigenvalue weighted by atomic mass is 16.5. The first-order valence-electron chi connectivity index (χ1n) is 10.4. The van der Waals surface area contributed by atoms with E-state index >= 15 is 0 Å². The van der Waals surface area contributed by atoms with Gasteiger partial charge in [-0.3, -0.25) is 4.90 Å². The summed E-state index contributed by atoms with van der Waals surface area (Å²) in [4.78, 5) is 18.5. The standard InChI is InChI=1S/C23H29N5O2/c1-16(2)23-25-17(3)13-21(26-23)28-11-9-27(10-12-28)15-22-24-14-20(30-22)18-5-7-19(29-4)8-6-18/h5-8,13-14,16H,9-12,15H2,1-4H3. The van der Waals surface area contributed by atoms with Crippen molar-refractivity contribution in [1.29, 1.82) is 0 Å². The molecule has 0 N–H and O–H groups in total. The summed E-state index contributed by atoms with van der Waals surface area (Å²) in [5.41, 5.74) is 2.02. The van der Waals surface area contributed by atoms with Gasteiger partial charge in [0.1, 0.15) is 17.4 Å². The van der Waals surface area contributed by atoms with Crippen LogP contribution in [0.1, 0.15) is 37.2 Å². The number of hydrogen-bond acceptors (Lipinski definition) is 7. The lowest BCUT2D eigenvalue weighted by Crippen LogP contribution is -2.46. The predicted octanol–water partition coefficient (Wildman–Crippen LogP) is 3.89. The van der Waals surface area contributed by atoms with Gasteiger partial charge in [0.05, 0.1) is 19.9 Å². The van der Waals surface area contributed by atoms with Gasteiger partial charge in [-0.2, -0.15) is 0 Å². The summed E-state index contributed by atoms with van der Waals surface area (Å²) in [6.07, 6.45) is 1.80. The summed E-state index contributed by atoms with van der Waals surface area (Å²) in [7, 11) is 1.66. The van der Waals surface area contributed by atoms with Crippen molar-refractivity contribution in [3.63, 3.8) is 0 Å². The lowest BCUT2D eigenvalue weighted by Gasteiger charge is -2.35. The van der Waals surface area contributed by atoms with Crippen LogP contribution in [0.2, 0.25) is 0 Å². The minimum atomic E-state index is 0.329. The zero-order chi connectivity index (χ0) is 21.1. The molecule has 1 aliphatic rings. The molecule has 158 valence electrons. The van der Waals surface area contributed by atoms with E-state index in [-0.39, 0.29) is 0 Å². The summed E-state index contributed by atoms with van der Waals surface area (Å²) in [5, 5.41) is 0. The third-order valence-electron chi connectivity index (χ3n) is 5.36. The second kappa shape index (κ2) is 8.83. The number of benzene rings is 1. The maximum absolute atomic E-state index is 5.99. The van der Waals surface area contributed by atoms with Crippen molar-refractivity contribution in [3.8, 4) is 17.1 Å². The molecule has 1 saturated heterocycles. The third kappa shape index (κ3) is 4.62. The van der Waals surface area contributed by atoms with E-state index in [1.54, 1.807) is 13.3 Å². The number of nitrogens with zero attached hydrogens (tertiary/aromatic N) is 5. The van der Waals surface area contributed by atoms with Crippen molar-refractivity contribution in [1.82, 2.24) is 19.9 Å². The molecule has 7 heteroatoms. The zero-order valence-electron chi connectivity index (χ0n) is 18.1. The van der Waals surface area contributed by atoms with E-state index in [1.807, 2.05) is 31.2 Å². The van der Waals surface area contributed by atoms with E-state index in [0.29, 0.717) is 12.5 Å². The normalized spacial score (nSPS) is 15.0. The summed E-state index contributed by atoms with van der Waals surface area (Å²) >= 11 is 0. The number of ether oxygens (including phenoxy) is 1. The molecule has 0 bridgehead atoms. The number of methoxy groups -OCH3 is 1. The first-order valence-corrected chi connectivity index (χ1v) is 10.4. The number of oxazole rings is 1. The van der Waals surface area contributed by atoms with Crippen molar-refractivity contribution in [2.75, 3.05) is 38.2 Å². The molecule has 30 heavy (non-hydrogen) atoms. The van der Waals surface area contributed by atoms with E-state index in [9.17, 15) is 0 Å². The molecule has 0 atom stereocenters. The van der Waals surface area contributed by atoms with Gasteiger partial charge in [0.15, 0.2) is 5.76 Å². The summed E-state index contributed by atoms with van der Waals surface area (Å²) in [5.74, 6) is 4.63. The first-order chi connectivity index (χ1) is 14.5. The fourth-order valence-corrected chi connectivity index (χ4v) is 3.59. The fraction of sp³-hybridized carbons (Fsp3) is 0.435. The van der Waals surface area contributed by atoms with Crippen LogP contribution in [0.3, 0.4) is 0 Å². The Bertz CT molecular complexity index is 976. The number of aromatic nitrogens is 3. The lowest BCUT2D eigenvalue weighted by atomic mass is 10.2. The summed E-state index contributed by atoms with van der Waals surface area (Å²) in [6.45, 7) is 10.8. The number of anilines is 1. The van der Waals surface area contributed by atoms with Crippen molar-refractivity contribution in [3.05, 3.63) is 53.9 Å². The van der Waals surface area contributed by atoms with E-state index in [1.165, 1.54) is 0 Å². The Kier molecular flexibility index (Phi) is 5.99. The van der Waals surface area contributed by atoms with Crippen LogP contribution >= 0.6 is 0 Å². The Morgan fingerprint density at radius 3 is 2.47 bits per heavy atom. The van der Waals surface area contributed by atoms with Crippen LogP contribution in [0, 0.1) is 6.92 Å². The molecule has 0 aliphatic carbocycles. The summed E-state index contributed by atoms with van der Waals surface area (Å²) in [6, 6.07) is 9.90. The highest BCUT2D eigenvalue weighted by molar-refractivity contribution is 5.57. The largest absolute Gasteiger partial charge is 0.497 e. The molecule has 1 aromatic carbocycles. The van der Waals surface area contributed by atoms with Crippen LogP contribution in [-0.2, 0) is 6.54 Å². The third-order valence-corrected chi connectivity index (χ3v) is 5.36. The van der Waals surface area contributed by atoms with Gasteiger partial charge in [-0.1, -0.05) is 13.8 Å². The van der Waals surface area contributed by atoms with Crippen molar-refractivity contribution in [2.45, 2.75) is 33.2 Å². The topological polar surface area (TPSA) is 67.5 Å². The number of piperazine rings is 1. The van der Waals surface area contributed by atoms with Crippen LogP contribution in [-0.4, -0.2) is 53.1 Å². The molecule has 7 nitrogen and oxygen atoms in total. The number of rotatable bonds is 6. The second-order valence-corrected chi connectivity index (χ2v) is 7.99.